The van der Waals surface area contributed by atoms with E-state index in [1.165, 1.54) is 44.9 Å². The largest absolute Gasteiger partial charge is 0.396 e. The van der Waals surface area contributed by atoms with Crippen molar-refractivity contribution in [3.05, 3.63) is 0 Å². The maximum atomic E-state index is 10.7. The van der Waals surface area contributed by atoms with E-state index in [0.717, 1.165) is 37.4 Å². The fraction of sp³-hybridized carbons (Fsp3) is 1.00. The van der Waals surface area contributed by atoms with Crippen molar-refractivity contribution in [2.45, 2.75) is 91.9 Å². The molecule has 2 saturated carbocycles. The van der Waals surface area contributed by atoms with Crippen LogP contribution in [0.15, 0.2) is 0 Å². The van der Waals surface area contributed by atoms with Gasteiger partial charge in [-0.15, -0.1) is 0 Å². The van der Waals surface area contributed by atoms with Crippen LogP contribution in [0, 0.1) is 22.7 Å². The van der Waals surface area contributed by atoms with Gasteiger partial charge in [0.25, 0.3) is 10.1 Å². The second-order valence-electron chi connectivity index (χ2n) is 10.1. The summed E-state index contributed by atoms with van der Waals surface area (Å²) in [4.78, 5) is 0. The van der Waals surface area contributed by atoms with Crippen LogP contribution in [0.5, 0.6) is 0 Å². The van der Waals surface area contributed by atoms with Crippen molar-refractivity contribution >= 4 is 10.1 Å². The van der Waals surface area contributed by atoms with Gasteiger partial charge in [-0.1, -0.05) is 27.7 Å². The van der Waals surface area contributed by atoms with E-state index >= 15 is 0 Å². The summed E-state index contributed by atoms with van der Waals surface area (Å²) in [6.45, 7) is 10.0. The lowest BCUT2D eigenvalue weighted by Crippen LogP contribution is -2.07. The van der Waals surface area contributed by atoms with Gasteiger partial charge in [0.2, 0.25) is 0 Å². The molecule has 0 saturated heterocycles. The van der Waals surface area contributed by atoms with Gasteiger partial charge < -0.3 is 5.11 Å². The minimum Gasteiger partial charge on any atom is -0.396 e. The standard InChI is InChI=1S/C11H22O3S.C10H20O/c1-11(2)7-6-10(9-11)5-4-8-14-15(3,12)13;1-10(2)6-5-9(8-10)4-3-7-11/h10H,4-9H2,1-3H3;9,11H,3-8H2,1-2H3. The zero-order valence-corrected chi connectivity index (χ0v) is 18.5. The molecule has 2 atom stereocenters. The van der Waals surface area contributed by atoms with E-state index in [1.807, 2.05) is 0 Å². The molecule has 26 heavy (non-hydrogen) atoms. The van der Waals surface area contributed by atoms with Crippen LogP contribution in [0.4, 0.5) is 0 Å². The third-order valence-electron chi connectivity index (χ3n) is 5.97. The van der Waals surface area contributed by atoms with Crippen molar-refractivity contribution in [3.8, 4) is 0 Å². The Morgan fingerprint density at radius 2 is 1.38 bits per heavy atom. The maximum Gasteiger partial charge on any atom is 0.264 e. The van der Waals surface area contributed by atoms with Gasteiger partial charge in [-0.3, -0.25) is 4.18 Å². The maximum absolute atomic E-state index is 10.7. The van der Waals surface area contributed by atoms with Crippen LogP contribution < -0.4 is 0 Å². The second kappa shape index (κ2) is 10.4. The average Bonchev–Trinajstić information content (AvgIpc) is 3.03. The van der Waals surface area contributed by atoms with Crippen molar-refractivity contribution < 1.29 is 17.7 Å². The predicted octanol–water partition coefficient (Wildman–Crippen LogP) is 5.15. The average molecular weight is 391 g/mol. The third kappa shape index (κ3) is 10.9. The van der Waals surface area contributed by atoms with Crippen LogP contribution in [0.1, 0.15) is 91.9 Å². The number of hydrogen-bond acceptors (Lipinski definition) is 4. The lowest BCUT2D eigenvalue weighted by Gasteiger charge is -2.16. The van der Waals surface area contributed by atoms with Gasteiger partial charge in [0.15, 0.2) is 0 Å². The monoisotopic (exact) mass is 390 g/mol. The Morgan fingerprint density at radius 3 is 1.73 bits per heavy atom. The summed E-state index contributed by atoms with van der Waals surface area (Å²) in [7, 11) is -3.24. The molecule has 0 aromatic heterocycles. The van der Waals surface area contributed by atoms with E-state index in [9.17, 15) is 8.42 Å². The molecule has 0 amide bonds. The first kappa shape index (κ1) is 23.9. The van der Waals surface area contributed by atoms with E-state index in [4.69, 9.17) is 9.29 Å². The quantitative estimate of drug-likeness (QED) is 0.459. The van der Waals surface area contributed by atoms with Gasteiger partial charge in [0, 0.05) is 6.61 Å². The molecule has 4 nitrogen and oxygen atoms in total. The predicted molar refractivity (Wildman–Crippen MR) is 109 cm³/mol. The molecule has 0 radical (unpaired) electrons. The molecule has 0 heterocycles. The van der Waals surface area contributed by atoms with Gasteiger partial charge in [-0.05, 0) is 86.9 Å². The molecule has 156 valence electrons. The molecular weight excluding hydrogens is 348 g/mol. The second-order valence-corrected chi connectivity index (χ2v) is 11.7. The molecule has 2 unspecified atom stereocenters. The van der Waals surface area contributed by atoms with E-state index in [-0.39, 0.29) is 0 Å². The smallest absolute Gasteiger partial charge is 0.264 e. The topological polar surface area (TPSA) is 63.6 Å². The Kier molecular flexibility index (Phi) is 9.59. The number of aliphatic hydroxyl groups is 1. The highest BCUT2D eigenvalue weighted by Gasteiger charge is 2.30. The summed E-state index contributed by atoms with van der Waals surface area (Å²) < 4.78 is 26.1. The highest BCUT2D eigenvalue weighted by Crippen LogP contribution is 2.43. The van der Waals surface area contributed by atoms with Crippen LogP contribution in [0.25, 0.3) is 0 Å². The van der Waals surface area contributed by atoms with E-state index in [0.29, 0.717) is 24.0 Å². The molecule has 1 N–H and O–H groups in total. The summed E-state index contributed by atoms with van der Waals surface area (Å²) >= 11 is 0. The molecule has 0 aromatic carbocycles. The van der Waals surface area contributed by atoms with Crippen LogP contribution in [-0.2, 0) is 14.3 Å². The molecule has 0 bridgehead atoms. The van der Waals surface area contributed by atoms with Gasteiger partial charge in [-0.25, -0.2) is 0 Å². The van der Waals surface area contributed by atoms with Crippen molar-refractivity contribution in [2.24, 2.45) is 22.7 Å². The first-order valence-corrected chi connectivity index (χ1v) is 12.2. The summed E-state index contributed by atoms with van der Waals surface area (Å²) in [5.41, 5.74) is 1.07. The summed E-state index contributed by atoms with van der Waals surface area (Å²) in [5, 5.41) is 8.66. The van der Waals surface area contributed by atoms with Crippen molar-refractivity contribution in [2.75, 3.05) is 19.5 Å². The molecule has 0 aliphatic heterocycles. The number of hydrogen-bond donors (Lipinski definition) is 1. The van der Waals surface area contributed by atoms with Crippen LogP contribution in [-0.4, -0.2) is 33.0 Å². The zero-order valence-electron chi connectivity index (χ0n) is 17.7. The molecule has 2 aliphatic rings. The van der Waals surface area contributed by atoms with Crippen LogP contribution in [0.2, 0.25) is 0 Å². The molecule has 0 aromatic rings. The summed E-state index contributed by atoms with van der Waals surface area (Å²) in [6.07, 6.45) is 13.3. The minimum absolute atomic E-state index is 0.343. The van der Waals surface area contributed by atoms with Crippen LogP contribution >= 0.6 is 0 Å². The zero-order chi connectivity index (χ0) is 19.8. The number of rotatable bonds is 8. The highest BCUT2D eigenvalue weighted by molar-refractivity contribution is 7.85. The van der Waals surface area contributed by atoms with Crippen molar-refractivity contribution in [1.82, 2.24) is 0 Å². The highest BCUT2D eigenvalue weighted by atomic mass is 32.2. The summed E-state index contributed by atoms with van der Waals surface area (Å²) in [5.74, 6) is 1.67. The van der Waals surface area contributed by atoms with E-state index in [2.05, 4.69) is 27.7 Å². The first-order valence-electron chi connectivity index (χ1n) is 10.4. The summed E-state index contributed by atoms with van der Waals surface area (Å²) in [6, 6.07) is 0. The Balaban J connectivity index is 0.000000273. The van der Waals surface area contributed by atoms with Crippen molar-refractivity contribution in [3.63, 3.8) is 0 Å². The third-order valence-corrected chi connectivity index (χ3v) is 6.56. The first-order chi connectivity index (χ1) is 11.9. The van der Waals surface area contributed by atoms with Gasteiger partial charge in [0.05, 0.1) is 12.9 Å². The van der Waals surface area contributed by atoms with E-state index in [1.54, 1.807) is 0 Å². The Morgan fingerprint density at radius 1 is 0.923 bits per heavy atom. The molecule has 5 heteroatoms. The Hall–Kier alpha value is -0.130. The van der Waals surface area contributed by atoms with Gasteiger partial charge in [-0.2, -0.15) is 8.42 Å². The fourth-order valence-corrected chi connectivity index (χ4v) is 5.04. The lowest BCUT2D eigenvalue weighted by atomic mass is 9.89. The molecule has 0 spiro atoms. The molecule has 2 aliphatic carbocycles. The fourth-order valence-electron chi connectivity index (χ4n) is 4.62. The Bertz CT molecular complexity index is 496. The molecular formula is C21H42O4S. The van der Waals surface area contributed by atoms with Gasteiger partial charge in [0.1, 0.15) is 0 Å². The van der Waals surface area contributed by atoms with Crippen molar-refractivity contribution in [1.29, 1.82) is 0 Å². The normalized spacial score (nSPS) is 27.2. The molecule has 2 fully saturated rings. The number of aliphatic hydroxyl groups excluding tert-OH is 1. The SMILES string of the molecule is CC1(C)CCC(CCCO)C1.CC1(C)CCC(CCCOS(C)(=O)=O)C1. The lowest BCUT2D eigenvalue weighted by molar-refractivity contribution is 0.266. The Labute approximate surface area is 162 Å². The van der Waals surface area contributed by atoms with Gasteiger partial charge >= 0.3 is 0 Å². The van der Waals surface area contributed by atoms with E-state index < -0.39 is 10.1 Å². The van der Waals surface area contributed by atoms with Crippen LogP contribution in [0.3, 0.4) is 0 Å². The molecule has 2 rings (SSSR count). The minimum atomic E-state index is -3.24.